The molecule has 30 heavy (non-hydrogen) atoms. The second-order valence-corrected chi connectivity index (χ2v) is 7.30. The molecule has 0 fully saturated rings. The van der Waals surface area contributed by atoms with Crippen LogP contribution in [-0.4, -0.2) is 32.3 Å². The Kier molecular flexibility index (Phi) is 4.76. The molecule has 1 aliphatic heterocycles. The van der Waals surface area contributed by atoms with Crippen LogP contribution in [0.4, 0.5) is 0 Å². The van der Waals surface area contributed by atoms with E-state index in [-0.39, 0.29) is 6.04 Å². The number of nitrogens with zero attached hydrogens (tertiary/aromatic N) is 5. The normalized spacial score (nSPS) is 16.4. The quantitative estimate of drug-likeness (QED) is 0.498. The number of hydrogen-bond donors (Lipinski definition) is 0. The molecule has 0 saturated heterocycles. The highest BCUT2D eigenvalue weighted by atomic mass is 16.5. The van der Waals surface area contributed by atoms with Crippen LogP contribution in [0.25, 0.3) is 11.4 Å². The molecule has 0 amide bonds. The fourth-order valence-electron chi connectivity index (χ4n) is 3.81. The summed E-state index contributed by atoms with van der Waals surface area (Å²) in [5.74, 6) is 2.98. The Morgan fingerprint density at radius 3 is 2.77 bits per heavy atom. The van der Waals surface area contributed by atoms with Crippen molar-refractivity contribution in [1.82, 2.24) is 25.2 Å². The number of methoxy groups -OCH3 is 1. The topological polar surface area (TPSA) is 90.3 Å². The summed E-state index contributed by atoms with van der Waals surface area (Å²) in [6.45, 7) is 3.02. The molecule has 8 heteroatoms. The molecule has 3 heterocycles. The lowest BCUT2D eigenvalue weighted by Gasteiger charge is -2.33. The predicted octanol–water partition coefficient (Wildman–Crippen LogP) is 3.74. The van der Waals surface area contributed by atoms with Gasteiger partial charge >= 0.3 is 0 Å². The Bertz CT molecular complexity index is 1170. The molecule has 5 rings (SSSR count). The zero-order valence-corrected chi connectivity index (χ0v) is 16.8. The molecule has 2 aromatic carbocycles. The minimum Gasteiger partial charge on any atom is -0.497 e. The molecule has 152 valence electrons. The standard InChI is InChI=1S/C22H21N5O3/c1-14-24-25-22(29-14)19-11-15-6-3-4-7-17(15)12-27(19)13-20-23-21(26-30-20)16-8-5-9-18(10-16)28-2/h3-10,19H,11-13H2,1-2H3. The van der Waals surface area contributed by atoms with Crippen LogP contribution in [0.5, 0.6) is 5.75 Å². The monoisotopic (exact) mass is 403 g/mol. The van der Waals surface area contributed by atoms with E-state index in [1.165, 1.54) is 11.1 Å². The maximum absolute atomic E-state index is 5.76. The van der Waals surface area contributed by atoms with E-state index < -0.39 is 0 Å². The molecular formula is C22H21N5O3. The number of hydrogen-bond acceptors (Lipinski definition) is 8. The lowest BCUT2D eigenvalue weighted by atomic mass is 9.94. The van der Waals surface area contributed by atoms with Gasteiger partial charge in [-0.1, -0.05) is 41.6 Å². The highest BCUT2D eigenvalue weighted by Gasteiger charge is 2.32. The summed E-state index contributed by atoms with van der Waals surface area (Å²) in [4.78, 5) is 6.83. The fraction of sp³-hybridized carbons (Fsp3) is 0.273. The Labute approximate surface area is 173 Å². The van der Waals surface area contributed by atoms with Crippen LogP contribution in [0.2, 0.25) is 0 Å². The highest BCUT2D eigenvalue weighted by Crippen LogP contribution is 2.34. The van der Waals surface area contributed by atoms with Gasteiger partial charge in [0.15, 0.2) is 0 Å². The first-order valence-electron chi connectivity index (χ1n) is 9.77. The Hall–Kier alpha value is -3.52. The van der Waals surface area contributed by atoms with Gasteiger partial charge in [-0.2, -0.15) is 4.98 Å². The average molecular weight is 403 g/mol. The van der Waals surface area contributed by atoms with Crippen molar-refractivity contribution >= 4 is 0 Å². The van der Waals surface area contributed by atoms with Crippen LogP contribution in [0.1, 0.15) is 34.8 Å². The second-order valence-electron chi connectivity index (χ2n) is 7.30. The average Bonchev–Trinajstić information content (AvgIpc) is 3.42. The third-order valence-electron chi connectivity index (χ3n) is 5.31. The van der Waals surface area contributed by atoms with Gasteiger partial charge in [-0.25, -0.2) is 0 Å². The van der Waals surface area contributed by atoms with Gasteiger partial charge in [0.25, 0.3) is 0 Å². The first kappa shape index (κ1) is 18.5. The fourth-order valence-corrected chi connectivity index (χ4v) is 3.81. The van der Waals surface area contributed by atoms with Crippen molar-refractivity contribution in [2.24, 2.45) is 0 Å². The van der Waals surface area contributed by atoms with Gasteiger partial charge in [0.05, 0.1) is 19.7 Å². The number of aromatic nitrogens is 4. The summed E-state index contributed by atoms with van der Waals surface area (Å²) >= 11 is 0. The van der Waals surface area contributed by atoms with Crippen LogP contribution in [0.3, 0.4) is 0 Å². The maximum atomic E-state index is 5.76. The van der Waals surface area contributed by atoms with Gasteiger partial charge < -0.3 is 13.7 Å². The maximum Gasteiger partial charge on any atom is 0.241 e. The number of aryl methyl sites for hydroxylation is 1. The molecule has 8 nitrogen and oxygen atoms in total. The number of fused-ring (bicyclic) bond motifs is 1. The van der Waals surface area contributed by atoms with Crippen LogP contribution in [0, 0.1) is 6.92 Å². The van der Waals surface area contributed by atoms with E-state index in [2.05, 4.69) is 49.5 Å². The smallest absolute Gasteiger partial charge is 0.241 e. The molecule has 0 N–H and O–H groups in total. The van der Waals surface area contributed by atoms with Gasteiger partial charge in [-0.05, 0) is 29.7 Å². The van der Waals surface area contributed by atoms with Gasteiger partial charge in [0, 0.05) is 19.0 Å². The van der Waals surface area contributed by atoms with Crippen molar-refractivity contribution in [2.75, 3.05) is 7.11 Å². The zero-order valence-electron chi connectivity index (χ0n) is 16.8. The predicted molar refractivity (Wildman–Crippen MR) is 107 cm³/mol. The molecule has 2 aromatic heterocycles. The molecule has 1 atom stereocenters. The van der Waals surface area contributed by atoms with Crippen molar-refractivity contribution in [1.29, 1.82) is 0 Å². The van der Waals surface area contributed by atoms with Crippen molar-refractivity contribution in [2.45, 2.75) is 32.5 Å². The van der Waals surface area contributed by atoms with Crippen molar-refractivity contribution in [3.8, 4) is 17.1 Å². The van der Waals surface area contributed by atoms with Crippen molar-refractivity contribution < 1.29 is 13.7 Å². The molecule has 0 bridgehead atoms. The van der Waals surface area contributed by atoms with Crippen molar-refractivity contribution in [3.63, 3.8) is 0 Å². The molecule has 1 unspecified atom stereocenters. The van der Waals surface area contributed by atoms with Crippen LogP contribution < -0.4 is 4.74 Å². The molecular weight excluding hydrogens is 382 g/mol. The number of rotatable bonds is 5. The first-order chi connectivity index (χ1) is 14.7. The van der Waals surface area contributed by atoms with E-state index >= 15 is 0 Å². The third-order valence-corrected chi connectivity index (χ3v) is 5.31. The zero-order chi connectivity index (χ0) is 20.5. The molecule has 0 saturated carbocycles. The van der Waals surface area contributed by atoms with E-state index in [0.29, 0.717) is 30.0 Å². The van der Waals surface area contributed by atoms with Crippen LogP contribution >= 0.6 is 0 Å². The lowest BCUT2D eigenvalue weighted by molar-refractivity contribution is 0.121. The van der Waals surface area contributed by atoms with E-state index in [1.54, 1.807) is 14.0 Å². The Morgan fingerprint density at radius 1 is 1.10 bits per heavy atom. The van der Waals surface area contributed by atoms with Crippen LogP contribution in [0.15, 0.2) is 57.5 Å². The highest BCUT2D eigenvalue weighted by molar-refractivity contribution is 5.56. The summed E-state index contributed by atoms with van der Waals surface area (Å²) < 4.78 is 16.6. The van der Waals surface area contributed by atoms with Gasteiger partial charge in [0.1, 0.15) is 5.75 Å². The third kappa shape index (κ3) is 3.57. The summed E-state index contributed by atoms with van der Waals surface area (Å²) in [6, 6.07) is 16.0. The Balaban J connectivity index is 1.43. The summed E-state index contributed by atoms with van der Waals surface area (Å²) in [6.07, 6.45) is 0.786. The second kappa shape index (κ2) is 7.72. The van der Waals surface area contributed by atoms with Gasteiger partial charge in [-0.15, -0.1) is 10.2 Å². The summed E-state index contributed by atoms with van der Waals surface area (Å²) in [7, 11) is 1.63. The van der Waals surface area contributed by atoms with E-state index in [9.17, 15) is 0 Å². The van der Waals surface area contributed by atoms with Gasteiger partial charge in [0.2, 0.25) is 23.5 Å². The molecule has 4 aromatic rings. The Morgan fingerprint density at radius 2 is 1.97 bits per heavy atom. The minimum atomic E-state index is -0.0479. The van der Waals surface area contributed by atoms with Crippen LogP contribution in [-0.2, 0) is 19.5 Å². The minimum absolute atomic E-state index is 0.0479. The lowest BCUT2D eigenvalue weighted by Crippen LogP contribution is -2.34. The SMILES string of the molecule is COc1cccc(-c2noc(CN3Cc4ccccc4CC3c3nnc(C)o3)n2)c1. The summed E-state index contributed by atoms with van der Waals surface area (Å²) in [5, 5.41) is 12.4. The number of ether oxygens (including phenoxy) is 1. The summed E-state index contributed by atoms with van der Waals surface area (Å²) in [5.41, 5.74) is 3.41. The molecule has 1 aliphatic rings. The molecule has 0 aliphatic carbocycles. The molecule has 0 radical (unpaired) electrons. The first-order valence-corrected chi connectivity index (χ1v) is 9.77. The number of benzene rings is 2. The van der Waals surface area contributed by atoms with Gasteiger partial charge in [-0.3, -0.25) is 4.90 Å². The van der Waals surface area contributed by atoms with E-state index in [4.69, 9.17) is 13.7 Å². The van der Waals surface area contributed by atoms with E-state index in [0.717, 1.165) is 24.3 Å². The molecule has 0 spiro atoms. The van der Waals surface area contributed by atoms with E-state index in [1.807, 2.05) is 24.3 Å². The largest absolute Gasteiger partial charge is 0.497 e. The van der Waals surface area contributed by atoms with Crippen molar-refractivity contribution in [3.05, 3.63) is 77.3 Å².